The van der Waals surface area contributed by atoms with E-state index in [2.05, 4.69) is 31.2 Å². The van der Waals surface area contributed by atoms with Crippen LogP contribution in [0.4, 0.5) is 4.79 Å². The highest BCUT2D eigenvalue weighted by atomic mass is 16.6. The number of hydrogen-bond donors (Lipinski definition) is 6. The number of H-pyrrole nitrogens is 2. The first-order valence-corrected chi connectivity index (χ1v) is 14.5. The molecule has 0 aliphatic rings. The number of carbonyl (C=O) groups excluding carboxylic acids is 4. The van der Waals surface area contributed by atoms with Gasteiger partial charge in [0.2, 0.25) is 18.2 Å². The van der Waals surface area contributed by atoms with Gasteiger partial charge in [-0.05, 0) is 71.7 Å². The Morgan fingerprint density at radius 3 is 1.77 bits per heavy atom. The Balaban J connectivity index is 1.65. The Bertz CT molecular complexity index is 1680. The number of amides is 4. The van der Waals surface area contributed by atoms with Crippen LogP contribution in [0.5, 0.6) is 0 Å². The van der Waals surface area contributed by atoms with Gasteiger partial charge < -0.3 is 36.0 Å². The zero-order valence-electron chi connectivity index (χ0n) is 26.3. The number of aromatic amines is 2. The second kappa shape index (κ2) is 12.1. The fourth-order valence-electron chi connectivity index (χ4n) is 5.17. The van der Waals surface area contributed by atoms with E-state index in [0.717, 1.165) is 32.9 Å². The topological polar surface area (TPSA) is 157 Å². The summed E-state index contributed by atoms with van der Waals surface area (Å²) >= 11 is 0. The largest absolute Gasteiger partial charge is 0.444 e. The maximum Gasteiger partial charge on any atom is 0.408 e. The quantitative estimate of drug-likeness (QED) is 0.112. The van der Waals surface area contributed by atoms with Crippen LogP contribution < -0.4 is 21.3 Å². The minimum absolute atomic E-state index is 0.112. The molecule has 2 aromatic heterocycles. The zero-order valence-corrected chi connectivity index (χ0v) is 26.3. The first-order chi connectivity index (χ1) is 20.5. The molecule has 234 valence electrons. The molecule has 44 heavy (non-hydrogen) atoms. The number of carbonyl (C=O) groups is 4. The molecule has 0 aliphatic heterocycles. The van der Waals surface area contributed by atoms with Crippen molar-refractivity contribution in [2.24, 2.45) is 0 Å². The van der Waals surface area contributed by atoms with Crippen molar-refractivity contribution in [3.8, 4) is 0 Å². The molecule has 11 heteroatoms. The van der Waals surface area contributed by atoms with E-state index in [-0.39, 0.29) is 12.8 Å². The molecule has 0 aliphatic carbocycles. The first kappa shape index (κ1) is 32.1. The fourth-order valence-corrected chi connectivity index (χ4v) is 5.17. The van der Waals surface area contributed by atoms with E-state index in [1.54, 1.807) is 40.8 Å². The number of benzene rings is 2. The number of ether oxygens (including phenoxy) is 1. The second-order valence-electron chi connectivity index (χ2n) is 13.2. The highest BCUT2D eigenvalue weighted by Crippen LogP contribution is 2.26. The average Bonchev–Trinajstić information content (AvgIpc) is 3.51. The molecule has 2 atom stereocenters. The van der Waals surface area contributed by atoms with Crippen LogP contribution >= 0.6 is 0 Å². The average molecular weight is 603 g/mol. The van der Waals surface area contributed by atoms with Crippen molar-refractivity contribution in [2.75, 3.05) is 0 Å². The predicted octanol–water partition coefficient (Wildman–Crippen LogP) is 4.19. The first-order valence-electron chi connectivity index (χ1n) is 14.5. The van der Waals surface area contributed by atoms with Crippen LogP contribution in [0.15, 0.2) is 60.9 Å². The number of fused-ring (bicyclic) bond motifs is 2. The molecule has 6 N–H and O–H groups in total. The van der Waals surface area contributed by atoms with Crippen molar-refractivity contribution in [3.63, 3.8) is 0 Å². The molecule has 0 spiro atoms. The van der Waals surface area contributed by atoms with Crippen LogP contribution in [0, 0.1) is 0 Å². The van der Waals surface area contributed by atoms with Gasteiger partial charge in [-0.3, -0.25) is 14.4 Å². The summed E-state index contributed by atoms with van der Waals surface area (Å²) in [7, 11) is 0. The van der Waals surface area contributed by atoms with E-state index in [1.165, 1.54) is 13.8 Å². The summed E-state index contributed by atoms with van der Waals surface area (Å²) in [6.07, 6.45) is 3.81. The van der Waals surface area contributed by atoms with Gasteiger partial charge in [0, 0.05) is 47.0 Å². The summed E-state index contributed by atoms with van der Waals surface area (Å²) in [4.78, 5) is 58.7. The number of alkyl carbamates (subject to hydrolysis) is 1. The van der Waals surface area contributed by atoms with Crippen molar-refractivity contribution in [3.05, 3.63) is 72.1 Å². The number of aromatic nitrogens is 2. The summed E-state index contributed by atoms with van der Waals surface area (Å²) < 4.78 is 5.35. The summed E-state index contributed by atoms with van der Waals surface area (Å²) in [6.45, 7) is 11.6. The minimum atomic E-state index is -1.51. The van der Waals surface area contributed by atoms with Crippen molar-refractivity contribution in [2.45, 2.75) is 83.6 Å². The third-order valence-electron chi connectivity index (χ3n) is 7.48. The minimum Gasteiger partial charge on any atom is -0.444 e. The Morgan fingerprint density at radius 1 is 0.727 bits per heavy atom. The normalized spacial score (nSPS) is 14.7. The molecule has 2 aromatic carbocycles. The van der Waals surface area contributed by atoms with Crippen molar-refractivity contribution < 1.29 is 23.9 Å². The van der Waals surface area contributed by atoms with Gasteiger partial charge in [0.25, 0.3) is 0 Å². The third-order valence-corrected chi connectivity index (χ3v) is 7.48. The lowest BCUT2D eigenvalue weighted by atomic mass is 9.88. The van der Waals surface area contributed by atoms with Gasteiger partial charge in [0.05, 0.1) is 0 Å². The lowest BCUT2D eigenvalue weighted by molar-refractivity contribution is -0.137. The molecule has 0 saturated carbocycles. The van der Waals surface area contributed by atoms with Gasteiger partial charge in [-0.2, -0.15) is 0 Å². The molecule has 11 nitrogen and oxygen atoms in total. The van der Waals surface area contributed by atoms with Gasteiger partial charge >= 0.3 is 6.09 Å². The molecule has 2 heterocycles. The van der Waals surface area contributed by atoms with E-state index >= 15 is 0 Å². The number of para-hydroxylation sites is 2. The SMILES string of the molecule is CC(C)(C)OC(=O)NC(C)(C)C(=O)N[C@](C)(Cc1c[nH]c2ccccc12)C(=O)N[C@@](C)(Cc1c[nH]c2ccccc12)NC=O. The van der Waals surface area contributed by atoms with Crippen LogP contribution in [-0.2, 0) is 32.0 Å². The van der Waals surface area contributed by atoms with E-state index in [1.807, 2.05) is 54.7 Å². The van der Waals surface area contributed by atoms with Gasteiger partial charge in [-0.15, -0.1) is 0 Å². The van der Waals surface area contributed by atoms with Gasteiger partial charge in [-0.25, -0.2) is 4.79 Å². The lowest BCUT2D eigenvalue weighted by Gasteiger charge is -2.38. The predicted molar refractivity (Wildman–Crippen MR) is 170 cm³/mol. The van der Waals surface area contributed by atoms with Crippen molar-refractivity contribution >= 4 is 46.1 Å². The van der Waals surface area contributed by atoms with Crippen LogP contribution in [-0.4, -0.2) is 56.6 Å². The molecule has 0 bridgehead atoms. The summed E-state index contributed by atoms with van der Waals surface area (Å²) in [5.41, 5.74) is -1.41. The van der Waals surface area contributed by atoms with Crippen molar-refractivity contribution in [1.29, 1.82) is 0 Å². The van der Waals surface area contributed by atoms with E-state index < -0.39 is 40.2 Å². The molecule has 4 aromatic rings. The summed E-state index contributed by atoms with van der Waals surface area (Å²) in [5, 5.41) is 13.1. The third kappa shape index (κ3) is 7.39. The molecular weight excluding hydrogens is 560 g/mol. The molecule has 0 unspecified atom stereocenters. The van der Waals surface area contributed by atoms with Gasteiger partial charge in [0.15, 0.2) is 0 Å². The highest BCUT2D eigenvalue weighted by Gasteiger charge is 2.43. The molecule has 0 fully saturated rings. The lowest BCUT2D eigenvalue weighted by Crippen LogP contribution is -2.68. The van der Waals surface area contributed by atoms with Gasteiger partial charge in [-0.1, -0.05) is 36.4 Å². The molecule has 0 radical (unpaired) electrons. The Kier molecular flexibility index (Phi) is 8.81. The monoisotopic (exact) mass is 602 g/mol. The molecule has 4 amide bonds. The Hall–Kier alpha value is -4.80. The van der Waals surface area contributed by atoms with E-state index in [0.29, 0.717) is 6.41 Å². The Labute approximate surface area is 256 Å². The van der Waals surface area contributed by atoms with Crippen LogP contribution in [0.3, 0.4) is 0 Å². The van der Waals surface area contributed by atoms with E-state index in [9.17, 15) is 19.2 Å². The molecule has 0 saturated heterocycles. The van der Waals surface area contributed by atoms with Crippen LogP contribution in [0.2, 0.25) is 0 Å². The Morgan fingerprint density at radius 2 is 1.25 bits per heavy atom. The smallest absolute Gasteiger partial charge is 0.408 e. The number of rotatable bonds is 11. The highest BCUT2D eigenvalue weighted by molar-refractivity contribution is 5.97. The maximum absolute atomic E-state index is 14.3. The number of hydrogen-bond acceptors (Lipinski definition) is 5. The summed E-state index contributed by atoms with van der Waals surface area (Å²) in [6, 6.07) is 15.4. The van der Waals surface area contributed by atoms with Crippen LogP contribution in [0.1, 0.15) is 59.6 Å². The summed E-state index contributed by atoms with van der Waals surface area (Å²) in [5.74, 6) is -1.12. The van der Waals surface area contributed by atoms with Crippen molar-refractivity contribution in [1.82, 2.24) is 31.2 Å². The van der Waals surface area contributed by atoms with Gasteiger partial charge in [0.1, 0.15) is 22.3 Å². The van der Waals surface area contributed by atoms with E-state index in [4.69, 9.17) is 4.74 Å². The fraction of sp³-hybridized carbons (Fsp3) is 0.394. The van der Waals surface area contributed by atoms with Crippen LogP contribution in [0.25, 0.3) is 21.8 Å². The molecule has 4 rings (SSSR count). The standard InChI is InChI=1S/C33H42N6O5/c1-30(2,3)44-29(43)39-31(4,5)27(41)37-32(6,16-21-18-34-25-14-10-8-12-23(21)25)28(42)38-33(7,36-20-40)17-22-19-35-26-15-11-9-13-24(22)26/h8-15,18-20,34-35H,16-17H2,1-7H3,(H,36,40)(H,37,41)(H,38,42)(H,39,43)/t32-,33+/m1/s1. The second-order valence-corrected chi connectivity index (χ2v) is 13.2. The maximum atomic E-state index is 14.3. The number of nitrogens with one attached hydrogen (secondary N) is 6. The molecular formula is C33H42N6O5. The zero-order chi connectivity index (χ0) is 32.3.